The first-order valence-electron chi connectivity index (χ1n) is 4.59. The quantitative estimate of drug-likeness (QED) is 0.573. The molecule has 2 rings (SSSR count). The van der Waals surface area contributed by atoms with Gasteiger partial charge in [0.2, 0.25) is 0 Å². The van der Waals surface area contributed by atoms with Crippen LogP contribution >= 0.6 is 0 Å². The molecule has 2 aliphatic rings. The standard InChI is InChI=1S/C9H16O2/c10-8-3-6-11-7-9(8)4-1-2-5-9/h8,10H,1-7H2. The maximum Gasteiger partial charge on any atom is 0.0640 e. The first-order chi connectivity index (χ1) is 5.33. The Morgan fingerprint density at radius 2 is 2.00 bits per heavy atom. The fourth-order valence-electron chi connectivity index (χ4n) is 2.43. The van der Waals surface area contributed by atoms with Crippen LogP contribution in [0.15, 0.2) is 0 Å². The van der Waals surface area contributed by atoms with Crippen LogP contribution < -0.4 is 0 Å². The molecule has 1 atom stereocenters. The van der Waals surface area contributed by atoms with Crippen molar-refractivity contribution in [2.45, 2.75) is 38.2 Å². The molecule has 0 aromatic heterocycles. The maximum absolute atomic E-state index is 9.78. The summed E-state index contributed by atoms with van der Waals surface area (Å²) in [6, 6.07) is 0. The number of ether oxygens (including phenoxy) is 1. The van der Waals surface area contributed by atoms with Crippen LogP contribution in [0.2, 0.25) is 0 Å². The highest BCUT2D eigenvalue weighted by molar-refractivity contribution is 4.92. The van der Waals surface area contributed by atoms with Crippen molar-refractivity contribution in [2.75, 3.05) is 13.2 Å². The molecule has 0 amide bonds. The molecule has 1 N–H and O–H groups in total. The van der Waals surface area contributed by atoms with E-state index in [-0.39, 0.29) is 11.5 Å². The van der Waals surface area contributed by atoms with Gasteiger partial charge in [0.1, 0.15) is 0 Å². The van der Waals surface area contributed by atoms with Crippen LogP contribution in [0.5, 0.6) is 0 Å². The Kier molecular flexibility index (Phi) is 1.90. The number of hydrogen-bond donors (Lipinski definition) is 1. The van der Waals surface area contributed by atoms with Gasteiger partial charge in [-0.15, -0.1) is 0 Å². The van der Waals surface area contributed by atoms with Gasteiger partial charge < -0.3 is 9.84 Å². The molecule has 1 unspecified atom stereocenters. The molecule has 1 saturated heterocycles. The second-order valence-corrected chi connectivity index (χ2v) is 3.93. The molecular formula is C9H16O2. The Morgan fingerprint density at radius 1 is 1.27 bits per heavy atom. The Morgan fingerprint density at radius 3 is 2.64 bits per heavy atom. The predicted octanol–water partition coefficient (Wildman–Crippen LogP) is 1.33. The summed E-state index contributed by atoms with van der Waals surface area (Å²) in [4.78, 5) is 0. The first kappa shape index (κ1) is 7.56. The number of aliphatic hydroxyl groups is 1. The van der Waals surface area contributed by atoms with E-state index in [9.17, 15) is 5.11 Å². The second kappa shape index (κ2) is 2.76. The van der Waals surface area contributed by atoms with Crippen molar-refractivity contribution in [2.24, 2.45) is 5.41 Å². The summed E-state index contributed by atoms with van der Waals surface area (Å²) in [5.74, 6) is 0. The van der Waals surface area contributed by atoms with Gasteiger partial charge in [0.05, 0.1) is 12.7 Å². The van der Waals surface area contributed by atoms with E-state index in [2.05, 4.69) is 0 Å². The Balaban J connectivity index is 2.07. The lowest BCUT2D eigenvalue weighted by molar-refractivity contribution is -0.0956. The van der Waals surface area contributed by atoms with Gasteiger partial charge in [-0.3, -0.25) is 0 Å². The van der Waals surface area contributed by atoms with Gasteiger partial charge in [-0.25, -0.2) is 0 Å². The van der Waals surface area contributed by atoms with Crippen molar-refractivity contribution in [3.8, 4) is 0 Å². The summed E-state index contributed by atoms with van der Waals surface area (Å²) in [5.41, 5.74) is 0.165. The fourth-order valence-corrected chi connectivity index (χ4v) is 2.43. The van der Waals surface area contributed by atoms with E-state index in [1.165, 1.54) is 25.7 Å². The Bertz CT molecular complexity index is 138. The van der Waals surface area contributed by atoms with Gasteiger partial charge in [-0.1, -0.05) is 12.8 Å². The van der Waals surface area contributed by atoms with Gasteiger partial charge in [-0.2, -0.15) is 0 Å². The monoisotopic (exact) mass is 156 g/mol. The molecule has 1 aliphatic heterocycles. The van der Waals surface area contributed by atoms with Crippen molar-refractivity contribution in [1.82, 2.24) is 0 Å². The van der Waals surface area contributed by atoms with Gasteiger partial charge in [0.15, 0.2) is 0 Å². The fraction of sp³-hybridized carbons (Fsp3) is 1.00. The van der Waals surface area contributed by atoms with Crippen LogP contribution in [0.1, 0.15) is 32.1 Å². The van der Waals surface area contributed by atoms with Gasteiger partial charge >= 0.3 is 0 Å². The molecule has 1 heterocycles. The minimum absolute atomic E-state index is 0.0845. The molecule has 0 bridgehead atoms. The minimum Gasteiger partial charge on any atom is -0.392 e. The molecule has 0 aromatic rings. The molecule has 2 heteroatoms. The molecule has 1 spiro atoms. The largest absolute Gasteiger partial charge is 0.392 e. The highest BCUT2D eigenvalue weighted by Crippen LogP contribution is 2.44. The second-order valence-electron chi connectivity index (χ2n) is 3.93. The van der Waals surface area contributed by atoms with Gasteiger partial charge in [0, 0.05) is 12.0 Å². The van der Waals surface area contributed by atoms with E-state index in [4.69, 9.17) is 4.74 Å². The minimum atomic E-state index is -0.0845. The van der Waals surface area contributed by atoms with E-state index in [1.807, 2.05) is 0 Å². The molecule has 2 fully saturated rings. The molecule has 1 saturated carbocycles. The summed E-state index contributed by atoms with van der Waals surface area (Å²) in [5, 5.41) is 9.78. The van der Waals surface area contributed by atoms with Crippen molar-refractivity contribution in [3.05, 3.63) is 0 Å². The lowest BCUT2D eigenvalue weighted by atomic mass is 9.78. The van der Waals surface area contributed by atoms with Crippen LogP contribution in [0.25, 0.3) is 0 Å². The number of aliphatic hydroxyl groups excluding tert-OH is 1. The van der Waals surface area contributed by atoms with Crippen LogP contribution in [-0.4, -0.2) is 24.4 Å². The summed E-state index contributed by atoms with van der Waals surface area (Å²) in [6.07, 6.45) is 5.67. The third-order valence-corrected chi connectivity index (χ3v) is 3.23. The van der Waals surface area contributed by atoms with Crippen molar-refractivity contribution in [1.29, 1.82) is 0 Å². The van der Waals surface area contributed by atoms with Crippen molar-refractivity contribution in [3.63, 3.8) is 0 Å². The Labute approximate surface area is 67.6 Å². The molecule has 0 radical (unpaired) electrons. The molecular weight excluding hydrogens is 140 g/mol. The summed E-state index contributed by atoms with van der Waals surface area (Å²) < 4.78 is 5.42. The van der Waals surface area contributed by atoms with Crippen LogP contribution in [-0.2, 0) is 4.74 Å². The maximum atomic E-state index is 9.78. The van der Waals surface area contributed by atoms with Crippen LogP contribution in [0.4, 0.5) is 0 Å². The average Bonchev–Trinajstić information content (AvgIpc) is 2.46. The predicted molar refractivity (Wildman–Crippen MR) is 42.3 cm³/mol. The van der Waals surface area contributed by atoms with Crippen molar-refractivity contribution >= 4 is 0 Å². The van der Waals surface area contributed by atoms with Crippen LogP contribution in [0, 0.1) is 5.41 Å². The van der Waals surface area contributed by atoms with E-state index < -0.39 is 0 Å². The SMILES string of the molecule is OC1CCOCC12CCCC2. The zero-order chi connectivity index (χ0) is 7.73. The van der Waals surface area contributed by atoms with Gasteiger partial charge in [0.25, 0.3) is 0 Å². The summed E-state index contributed by atoms with van der Waals surface area (Å²) >= 11 is 0. The Hall–Kier alpha value is -0.0800. The number of hydrogen-bond acceptors (Lipinski definition) is 2. The highest BCUT2D eigenvalue weighted by Gasteiger charge is 2.42. The van der Waals surface area contributed by atoms with E-state index in [1.54, 1.807) is 0 Å². The normalized spacial score (nSPS) is 36.3. The number of rotatable bonds is 0. The highest BCUT2D eigenvalue weighted by atomic mass is 16.5. The summed E-state index contributed by atoms with van der Waals surface area (Å²) in [7, 11) is 0. The third-order valence-electron chi connectivity index (χ3n) is 3.23. The zero-order valence-electron chi connectivity index (χ0n) is 6.88. The summed E-state index contributed by atoms with van der Waals surface area (Å²) in [6.45, 7) is 1.55. The van der Waals surface area contributed by atoms with Gasteiger partial charge in [-0.05, 0) is 19.3 Å². The van der Waals surface area contributed by atoms with E-state index >= 15 is 0 Å². The lowest BCUT2D eigenvalue weighted by Gasteiger charge is -2.37. The molecule has 2 nitrogen and oxygen atoms in total. The average molecular weight is 156 g/mol. The molecule has 64 valence electrons. The smallest absolute Gasteiger partial charge is 0.0640 e. The molecule has 11 heavy (non-hydrogen) atoms. The topological polar surface area (TPSA) is 29.5 Å². The molecule has 0 aromatic carbocycles. The van der Waals surface area contributed by atoms with E-state index in [0.717, 1.165) is 19.6 Å². The third kappa shape index (κ3) is 1.18. The van der Waals surface area contributed by atoms with Crippen LogP contribution in [0.3, 0.4) is 0 Å². The zero-order valence-corrected chi connectivity index (χ0v) is 6.88. The first-order valence-corrected chi connectivity index (χ1v) is 4.59. The lowest BCUT2D eigenvalue weighted by Crippen LogP contribution is -2.41. The van der Waals surface area contributed by atoms with Crippen molar-refractivity contribution < 1.29 is 9.84 Å². The van der Waals surface area contributed by atoms with E-state index in [0.29, 0.717) is 0 Å². The molecule has 1 aliphatic carbocycles.